The van der Waals surface area contributed by atoms with Gasteiger partial charge < -0.3 is 19.1 Å². The molecular formula is C26H27N3O3S. The summed E-state index contributed by atoms with van der Waals surface area (Å²) in [4.78, 5) is 12.4. The number of rotatable bonds is 4. The lowest BCUT2D eigenvalue weighted by Gasteiger charge is -2.31. The number of pyridine rings is 1. The Morgan fingerprint density at radius 1 is 1.12 bits per heavy atom. The minimum atomic E-state index is 0.223. The Kier molecular flexibility index (Phi) is 5.38. The van der Waals surface area contributed by atoms with Gasteiger partial charge in [-0.15, -0.1) is 0 Å². The van der Waals surface area contributed by atoms with Crippen LogP contribution in [0.4, 0.5) is 0 Å². The fraction of sp³-hybridized carbons (Fsp3) is 0.385. The molecule has 4 heterocycles. The summed E-state index contributed by atoms with van der Waals surface area (Å²) < 4.78 is 16.9. The number of ether oxygens (including phenoxy) is 3. The predicted octanol–water partition coefficient (Wildman–Crippen LogP) is 5.22. The first-order valence-electron chi connectivity index (χ1n) is 11.5. The van der Waals surface area contributed by atoms with Crippen LogP contribution < -0.4 is 9.47 Å². The highest BCUT2D eigenvalue weighted by Crippen LogP contribution is 2.37. The summed E-state index contributed by atoms with van der Waals surface area (Å²) in [7, 11) is 0. The maximum Gasteiger partial charge on any atom is 0.231 e. The van der Waals surface area contributed by atoms with Crippen LogP contribution in [-0.4, -0.2) is 41.1 Å². The summed E-state index contributed by atoms with van der Waals surface area (Å²) in [6, 6.07) is 12.8. The zero-order chi connectivity index (χ0) is 22.4. The van der Waals surface area contributed by atoms with Gasteiger partial charge in [-0.3, -0.25) is 4.99 Å². The summed E-state index contributed by atoms with van der Waals surface area (Å²) in [5.41, 5.74) is 6.02. The zero-order valence-electron chi connectivity index (χ0n) is 19.0. The molecular weight excluding hydrogens is 434 g/mol. The molecule has 0 saturated carbocycles. The number of thioether (sulfide) groups is 1. The van der Waals surface area contributed by atoms with E-state index in [0.717, 1.165) is 59.7 Å². The Balaban J connectivity index is 1.34. The Labute approximate surface area is 198 Å². The van der Waals surface area contributed by atoms with Crippen LogP contribution in [0.25, 0.3) is 10.9 Å². The Hall–Kier alpha value is -2.77. The molecule has 7 heteroatoms. The normalized spacial score (nSPS) is 20.6. The summed E-state index contributed by atoms with van der Waals surface area (Å²) in [5, 5.41) is 3.26. The van der Waals surface area contributed by atoms with Gasteiger partial charge in [-0.05, 0) is 73.3 Å². The van der Waals surface area contributed by atoms with Crippen LogP contribution in [0.5, 0.6) is 11.5 Å². The van der Waals surface area contributed by atoms with Gasteiger partial charge >= 0.3 is 0 Å². The third-order valence-electron chi connectivity index (χ3n) is 6.64. The molecule has 0 aliphatic carbocycles. The highest BCUT2D eigenvalue weighted by molar-refractivity contribution is 8.13. The fourth-order valence-electron chi connectivity index (χ4n) is 4.62. The lowest BCUT2D eigenvalue weighted by Crippen LogP contribution is -2.32. The number of nitrogens with zero attached hydrogens (tertiary/aromatic N) is 3. The maximum absolute atomic E-state index is 5.82. The molecule has 6 rings (SSSR count). The van der Waals surface area contributed by atoms with Crippen molar-refractivity contribution < 1.29 is 14.2 Å². The van der Waals surface area contributed by atoms with Crippen molar-refractivity contribution >= 4 is 27.8 Å². The van der Waals surface area contributed by atoms with Crippen LogP contribution in [0.1, 0.15) is 35.1 Å². The Morgan fingerprint density at radius 2 is 2.03 bits per heavy atom. The molecule has 1 aromatic heterocycles. The van der Waals surface area contributed by atoms with E-state index in [9.17, 15) is 0 Å². The number of fused-ring (bicyclic) bond motifs is 3. The molecule has 3 aromatic rings. The van der Waals surface area contributed by atoms with Crippen LogP contribution in [0.3, 0.4) is 0 Å². The molecule has 0 spiro atoms. The Morgan fingerprint density at radius 3 is 2.91 bits per heavy atom. The molecule has 6 nitrogen and oxygen atoms in total. The predicted molar refractivity (Wildman–Crippen MR) is 130 cm³/mol. The van der Waals surface area contributed by atoms with E-state index >= 15 is 0 Å². The summed E-state index contributed by atoms with van der Waals surface area (Å²) in [6.45, 7) is 7.65. The molecule has 3 aliphatic rings. The van der Waals surface area contributed by atoms with Gasteiger partial charge in [0, 0.05) is 30.6 Å². The summed E-state index contributed by atoms with van der Waals surface area (Å²) in [6.07, 6.45) is 2.43. The Bertz CT molecular complexity index is 1250. The van der Waals surface area contributed by atoms with E-state index in [0.29, 0.717) is 6.54 Å². The van der Waals surface area contributed by atoms with Crippen molar-refractivity contribution in [2.24, 2.45) is 4.99 Å². The second-order valence-electron chi connectivity index (χ2n) is 8.94. The van der Waals surface area contributed by atoms with Crippen molar-refractivity contribution in [2.75, 3.05) is 19.9 Å². The maximum atomic E-state index is 5.82. The van der Waals surface area contributed by atoms with Crippen molar-refractivity contribution in [3.8, 4) is 11.5 Å². The van der Waals surface area contributed by atoms with Gasteiger partial charge in [0.25, 0.3) is 0 Å². The van der Waals surface area contributed by atoms with E-state index in [2.05, 4.69) is 49.1 Å². The number of amidine groups is 1. The van der Waals surface area contributed by atoms with E-state index in [1.54, 1.807) is 11.8 Å². The number of aryl methyl sites for hydroxylation is 2. The molecule has 33 heavy (non-hydrogen) atoms. The van der Waals surface area contributed by atoms with Gasteiger partial charge in [0.2, 0.25) is 6.79 Å². The number of aliphatic imine (C=N–C) groups is 1. The molecule has 0 radical (unpaired) electrons. The molecule has 170 valence electrons. The summed E-state index contributed by atoms with van der Waals surface area (Å²) >= 11 is 1.68. The number of benzene rings is 2. The summed E-state index contributed by atoms with van der Waals surface area (Å²) in [5.74, 6) is 1.62. The first-order valence-corrected chi connectivity index (χ1v) is 12.3. The van der Waals surface area contributed by atoms with Gasteiger partial charge in [-0.1, -0.05) is 18.2 Å². The van der Waals surface area contributed by atoms with Crippen molar-refractivity contribution in [2.45, 2.75) is 50.9 Å². The highest BCUT2D eigenvalue weighted by atomic mass is 32.2. The van der Waals surface area contributed by atoms with E-state index in [1.807, 2.05) is 6.07 Å². The largest absolute Gasteiger partial charge is 0.454 e. The van der Waals surface area contributed by atoms with Crippen LogP contribution in [0.2, 0.25) is 0 Å². The van der Waals surface area contributed by atoms with Gasteiger partial charge in [-0.2, -0.15) is 0 Å². The van der Waals surface area contributed by atoms with Crippen molar-refractivity contribution in [3.05, 3.63) is 58.7 Å². The van der Waals surface area contributed by atoms with E-state index < -0.39 is 0 Å². The van der Waals surface area contributed by atoms with E-state index in [1.165, 1.54) is 27.6 Å². The topological polar surface area (TPSA) is 56.2 Å². The fourth-order valence-corrected chi connectivity index (χ4v) is 5.58. The molecule has 1 atom stereocenters. The second-order valence-corrected chi connectivity index (χ2v) is 9.89. The number of hydrogen-bond donors (Lipinski definition) is 0. The minimum absolute atomic E-state index is 0.223. The lowest BCUT2D eigenvalue weighted by atomic mass is 10.0. The molecule has 2 aromatic carbocycles. The molecule has 1 saturated heterocycles. The second kappa shape index (κ2) is 8.54. The zero-order valence-corrected chi connectivity index (χ0v) is 19.8. The van der Waals surface area contributed by atoms with Gasteiger partial charge in [-0.25, -0.2) is 4.98 Å². The van der Waals surface area contributed by atoms with Gasteiger partial charge in [0.05, 0.1) is 18.2 Å². The third kappa shape index (κ3) is 4.04. The third-order valence-corrected chi connectivity index (χ3v) is 7.75. The first kappa shape index (κ1) is 20.8. The van der Waals surface area contributed by atoms with Crippen molar-refractivity contribution in [1.82, 2.24) is 9.88 Å². The standard InChI is InChI=1S/C26H27N3O3S/c1-16-5-7-19-11-20-14-29(13-18-6-8-22-23(10-18)32-15-31-22)26(27-12-21-4-3-9-30-21)33-25(20)28-24(19)17(16)2/h5-8,10-11,21H,3-4,9,12-15H2,1-2H3. The van der Waals surface area contributed by atoms with E-state index in [-0.39, 0.29) is 12.9 Å². The minimum Gasteiger partial charge on any atom is -0.454 e. The lowest BCUT2D eigenvalue weighted by molar-refractivity contribution is 0.117. The number of aromatic nitrogens is 1. The monoisotopic (exact) mass is 461 g/mol. The highest BCUT2D eigenvalue weighted by Gasteiger charge is 2.26. The van der Waals surface area contributed by atoms with Crippen LogP contribution in [0, 0.1) is 13.8 Å². The molecule has 0 bridgehead atoms. The van der Waals surface area contributed by atoms with Gasteiger partial charge in [0.1, 0.15) is 5.03 Å². The first-order chi connectivity index (χ1) is 16.1. The quantitative estimate of drug-likeness (QED) is 0.531. The van der Waals surface area contributed by atoms with Crippen LogP contribution in [0.15, 0.2) is 46.4 Å². The van der Waals surface area contributed by atoms with Gasteiger partial charge in [0.15, 0.2) is 16.7 Å². The molecule has 0 amide bonds. The van der Waals surface area contributed by atoms with Crippen molar-refractivity contribution in [1.29, 1.82) is 0 Å². The van der Waals surface area contributed by atoms with Crippen LogP contribution >= 0.6 is 11.8 Å². The smallest absolute Gasteiger partial charge is 0.231 e. The molecule has 0 N–H and O–H groups in total. The molecule has 3 aliphatic heterocycles. The average molecular weight is 462 g/mol. The SMILES string of the molecule is Cc1ccc2cc3c(nc2c1C)SC(=NCC1CCCO1)N(Cc1ccc2c(c1)OCO2)C3. The average Bonchev–Trinajstić information content (AvgIpc) is 3.51. The van der Waals surface area contributed by atoms with Crippen molar-refractivity contribution in [3.63, 3.8) is 0 Å². The van der Waals surface area contributed by atoms with E-state index in [4.69, 9.17) is 24.2 Å². The van der Waals surface area contributed by atoms with Crippen LogP contribution in [-0.2, 0) is 17.8 Å². The molecule has 1 fully saturated rings. The number of hydrogen-bond acceptors (Lipinski definition) is 6. The molecule has 1 unspecified atom stereocenters.